The third kappa shape index (κ3) is 6.02. The third-order valence-corrected chi connectivity index (χ3v) is 5.83. The zero-order chi connectivity index (χ0) is 21.5. The van der Waals surface area contributed by atoms with Crippen molar-refractivity contribution in [3.63, 3.8) is 0 Å². The Morgan fingerprint density at radius 3 is 2.80 bits per heavy atom. The number of benzene rings is 1. The van der Waals surface area contributed by atoms with Gasteiger partial charge in [0.2, 0.25) is 0 Å². The van der Waals surface area contributed by atoms with E-state index < -0.39 is 12.1 Å². The van der Waals surface area contributed by atoms with Crippen molar-refractivity contribution in [1.29, 1.82) is 0 Å². The summed E-state index contributed by atoms with van der Waals surface area (Å²) in [4.78, 5) is 24.5. The van der Waals surface area contributed by atoms with Crippen LogP contribution < -0.4 is 5.32 Å². The van der Waals surface area contributed by atoms with Gasteiger partial charge in [0.05, 0.1) is 12.7 Å². The first-order chi connectivity index (χ1) is 14.4. The highest BCUT2D eigenvalue weighted by molar-refractivity contribution is 5.90. The van der Waals surface area contributed by atoms with E-state index in [2.05, 4.69) is 29.5 Å². The fourth-order valence-corrected chi connectivity index (χ4v) is 3.74. The highest BCUT2D eigenvalue weighted by Crippen LogP contribution is 2.29. The zero-order valence-electron chi connectivity index (χ0n) is 17.8. The second kappa shape index (κ2) is 10.2. The summed E-state index contributed by atoms with van der Waals surface area (Å²) in [7, 11) is 0. The van der Waals surface area contributed by atoms with E-state index in [9.17, 15) is 9.59 Å². The molecule has 1 aliphatic carbocycles. The number of hydrogen-bond donors (Lipinski definition) is 1. The van der Waals surface area contributed by atoms with Crippen molar-refractivity contribution in [1.82, 2.24) is 20.3 Å². The molecular weight excluding hydrogens is 380 g/mol. The SMILES string of the molecule is C[C@@H]1[C@H](C)CCC[C@H]1NC(=O)[C@@H](C)OC(=O)/C=C/c1cn(Cc2ccccc2)nn1. The van der Waals surface area contributed by atoms with Gasteiger partial charge in [-0.05, 0) is 36.8 Å². The lowest BCUT2D eigenvalue weighted by atomic mass is 9.78. The molecule has 30 heavy (non-hydrogen) atoms. The highest BCUT2D eigenvalue weighted by Gasteiger charge is 2.29. The van der Waals surface area contributed by atoms with Crippen LogP contribution in [-0.2, 0) is 20.9 Å². The first-order valence-electron chi connectivity index (χ1n) is 10.6. The lowest BCUT2D eigenvalue weighted by molar-refractivity contribution is -0.150. The summed E-state index contributed by atoms with van der Waals surface area (Å²) < 4.78 is 6.94. The minimum Gasteiger partial charge on any atom is -0.449 e. The molecule has 1 amide bonds. The number of hydrogen-bond acceptors (Lipinski definition) is 5. The minimum atomic E-state index is -0.847. The summed E-state index contributed by atoms with van der Waals surface area (Å²) in [5.41, 5.74) is 1.66. The first kappa shape index (κ1) is 21.7. The van der Waals surface area contributed by atoms with Gasteiger partial charge < -0.3 is 10.1 Å². The third-order valence-electron chi connectivity index (χ3n) is 5.83. The molecule has 1 aromatic carbocycles. The van der Waals surface area contributed by atoms with E-state index >= 15 is 0 Å². The lowest BCUT2D eigenvalue weighted by Gasteiger charge is -2.35. The van der Waals surface area contributed by atoms with Gasteiger partial charge in [-0.15, -0.1) is 5.10 Å². The van der Waals surface area contributed by atoms with Crippen molar-refractivity contribution < 1.29 is 14.3 Å². The maximum atomic E-state index is 12.4. The van der Waals surface area contributed by atoms with E-state index in [0.717, 1.165) is 18.4 Å². The van der Waals surface area contributed by atoms with Gasteiger partial charge in [-0.1, -0.05) is 62.2 Å². The van der Waals surface area contributed by atoms with Gasteiger partial charge in [0.1, 0.15) is 5.69 Å². The van der Waals surface area contributed by atoms with Crippen molar-refractivity contribution in [2.24, 2.45) is 11.8 Å². The maximum Gasteiger partial charge on any atom is 0.331 e. The van der Waals surface area contributed by atoms with Gasteiger partial charge in [-0.25, -0.2) is 9.48 Å². The summed E-state index contributed by atoms with van der Waals surface area (Å²) in [5.74, 6) is 0.168. The summed E-state index contributed by atoms with van der Waals surface area (Å²) in [6, 6.07) is 10.1. The van der Waals surface area contributed by atoms with Crippen LogP contribution >= 0.6 is 0 Å². The van der Waals surface area contributed by atoms with Crippen molar-refractivity contribution >= 4 is 18.0 Å². The van der Waals surface area contributed by atoms with Crippen LogP contribution in [0.4, 0.5) is 0 Å². The van der Waals surface area contributed by atoms with E-state index in [1.54, 1.807) is 17.8 Å². The molecule has 3 rings (SSSR count). The number of carbonyl (C=O) groups excluding carboxylic acids is 2. The molecule has 0 saturated heterocycles. The minimum absolute atomic E-state index is 0.137. The molecule has 1 fully saturated rings. The van der Waals surface area contributed by atoms with Gasteiger partial charge in [0.15, 0.2) is 6.10 Å². The fourth-order valence-electron chi connectivity index (χ4n) is 3.74. The molecule has 1 aromatic heterocycles. The Kier molecular flexibility index (Phi) is 7.38. The van der Waals surface area contributed by atoms with Crippen LogP contribution in [0.2, 0.25) is 0 Å². The summed E-state index contributed by atoms with van der Waals surface area (Å²) in [6.45, 7) is 6.57. The highest BCUT2D eigenvalue weighted by atomic mass is 16.5. The fraction of sp³-hybridized carbons (Fsp3) is 0.478. The number of nitrogens with zero attached hydrogens (tertiary/aromatic N) is 3. The average Bonchev–Trinajstić information content (AvgIpc) is 3.18. The summed E-state index contributed by atoms with van der Waals surface area (Å²) in [5, 5.41) is 11.1. The van der Waals surface area contributed by atoms with Gasteiger partial charge in [0.25, 0.3) is 5.91 Å². The number of carbonyl (C=O) groups is 2. The van der Waals surface area contributed by atoms with E-state index in [1.807, 2.05) is 30.3 Å². The van der Waals surface area contributed by atoms with Crippen LogP contribution in [0.1, 0.15) is 51.3 Å². The zero-order valence-corrected chi connectivity index (χ0v) is 17.8. The Morgan fingerprint density at radius 2 is 2.03 bits per heavy atom. The van der Waals surface area contributed by atoms with E-state index in [-0.39, 0.29) is 11.9 Å². The van der Waals surface area contributed by atoms with Crippen LogP contribution in [0.3, 0.4) is 0 Å². The first-order valence-corrected chi connectivity index (χ1v) is 10.6. The molecule has 0 unspecified atom stereocenters. The predicted octanol–water partition coefficient (Wildman–Crippen LogP) is 3.21. The van der Waals surface area contributed by atoms with Crippen molar-refractivity contribution in [3.05, 3.63) is 53.9 Å². The van der Waals surface area contributed by atoms with Crippen LogP contribution in [-0.4, -0.2) is 39.0 Å². The number of ether oxygens (including phenoxy) is 1. The van der Waals surface area contributed by atoms with Crippen molar-refractivity contribution in [2.75, 3.05) is 0 Å². The molecule has 7 nitrogen and oxygen atoms in total. The van der Waals surface area contributed by atoms with Crippen LogP contribution in [0.15, 0.2) is 42.6 Å². The number of esters is 1. The predicted molar refractivity (Wildman–Crippen MR) is 114 cm³/mol. The molecule has 0 bridgehead atoms. The lowest BCUT2D eigenvalue weighted by Crippen LogP contribution is -2.47. The Bertz CT molecular complexity index is 878. The number of amides is 1. The maximum absolute atomic E-state index is 12.4. The molecule has 1 saturated carbocycles. The van der Waals surface area contributed by atoms with E-state index in [4.69, 9.17) is 4.74 Å². The van der Waals surface area contributed by atoms with Crippen LogP contribution in [0.5, 0.6) is 0 Å². The number of rotatable bonds is 7. The molecule has 1 N–H and O–H groups in total. The van der Waals surface area contributed by atoms with Gasteiger partial charge in [0, 0.05) is 12.1 Å². The number of aromatic nitrogens is 3. The largest absolute Gasteiger partial charge is 0.449 e. The van der Waals surface area contributed by atoms with Crippen molar-refractivity contribution in [3.8, 4) is 0 Å². The van der Waals surface area contributed by atoms with E-state index in [1.165, 1.54) is 18.6 Å². The van der Waals surface area contributed by atoms with Crippen LogP contribution in [0, 0.1) is 11.8 Å². The molecule has 4 atom stereocenters. The molecule has 0 spiro atoms. The Morgan fingerprint density at radius 1 is 1.27 bits per heavy atom. The van der Waals surface area contributed by atoms with Crippen LogP contribution in [0.25, 0.3) is 6.08 Å². The van der Waals surface area contributed by atoms with Gasteiger partial charge in [-0.2, -0.15) is 0 Å². The molecule has 0 radical (unpaired) electrons. The molecule has 1 heterocycles. The molecule has 7 heteroatoms. The second-order valence-corrected chi connectivity index (χ2v) is 8.12. The Hall–Kier alpha value is -2.96. The number of nitrogens with one attached hydrogen (secondary N) is 1. The van der Waals surface area contributed by atoms with Crippen molar-refractivity contribution in [2.45, 2.75) is 58.7 Å². The average molecular weight is 411 g/mol. The summed E-state index contributed by atoms with van der Waals surface area (Å²) in [6.07, 6.45) is 6.98. The quantitative estimate of drug-likeness (QED) is 0.560. The summed E-state index contributed by atoms with van der Waals surface area (Å²) >= 11 is 0. The molecule has 0 aliphatic heterocycles. The molecule has 1 aliphatic rings. The molecule has 2 aromatic rings. The Balaban J connectivity index is 1.47. The van der Waals surface area contributed by atoms with Gasteiger partial charge in [-0.3, -0.25) is 4.79 Å². The van der Waals surface area contributed by atoms with E-state index in [0.29, 0.717) is 24.1 Å². The molecular formula is C23H30N4O3. The smallest absolute Gasteiger partial charge is 0.331 e. The standard InChI is InChI=1S/C23H30N4O3/c1-16-8-7-11-21(17(16)2)24-23(29)18(3)30-22(28)13-12-20-15-27(26-25-20)14-19-9-5-4-6-10-19/h4-6,9-10,12-13,15-18,21H,7-8,11,14H2,1-3H3,(H,24,29)/b13-12+/t16-,17-,18-,21-/m1/s1. The normalized spacial score (nSPS) is 22.6. The second-order valence-electron chi connectivity index (χ2n) is 8.12. The Labute approximate surface area is 177 Å². The topological polar surface area (TPSA) is 86.1 Å². The van der Waals surface area contributed by atoms with Gasteiger partial charge >= 0.3 is 5.97 Å². The monoisotopic (exact) mass is 410 g/mol. The molecule has 160 valence electrons.